The molecule has 1 heterocycles. The molecule has 0 saturated carbocycles. The van der Waals surface area contributed by atoms with Gasteiger partial charge in [-0.1, -0.05) is 18.2 Å². The van der Waals surface area contributed by atoms with Gasteiger partial charge in [-0.05, 0) is 18.1 Å². The maximum Gasteiger partial charge on any atom is 0.271 e. The van der Waals surface area contributed by atoms with Gasteiger partial charge in [0, 0.05) is 13.6 Å². The molecule has 1 aromatic heterocycles. The third-order valence-electron chi connectivity index (χ3n) is 2.78. The number of hydrogen-bond acceptors (Lipinski definition) is 4. The van der Waals surface area contributed by atoms with Crippen LogP contribution in [0, 0.1) is 5.82 Å². The highest BCUT2D eigenvalue weighted by atomic mass is 19.1. The van der Waals surface area contributed by atoms with Crippen molar-refractivity contribution in [2.75, 3.05) is 18.9 Å². The summed E-state index contributed by atoms with van der Waals surface area (Å²) in [6, 6.07) is 6.50. The summed E-state index contributed by atoms with van der Waals surface area (Å²) in [5.74, 6) is 0.00399. The highest BCUT2D eigenvalue weighted by molar-refractivity contribution is 5.91. The van der Waals surface area contributed by atoms with E-state index in [9.17, 15) is 9.18 Å². The minimum atomic E-state index is -0.323. The quantitative estimate of drug-likeness (QED) is 0.869. The van der Waals surface area contributed by atoms with Crippen molar-refractivity contribution < 1.29 is 9.18 Å². The van der Waals surface area contributed by atoms with Crippen molar-refractivity contribution in [1.29, 1.82) is 0 Å². The van der Waals surface area contributed by atoms with Crippen molar-refractivity contribution >= 4 is 11.7 Å². The van der Waals surface area contributed by atoms with Crippen molar-refractivity contribution in [3.05, 3.63) is 53.7 Å². The monoisotopic (exact) mass is 274 g/mol. The second-order valence-electron chi connectivity index (χ2n) is 4.13. The van der Waals surface area contributed by atoms with Gasteiger partial charge < -0.3 is 10.6 Å². The van der Waals surface area contributed by atoms with Crippen molar-refractivity contribution in [2.45, 2.75) is 6.42 Å². The average molecular weight is 274 g/mol. The van der Waals surface area contributed by atoms with E-state index in [0.29, 0.717) is 24.3 Å². The molecule has 0 radical (unpaired) electrons. The normalized spacial score (nSPS) is 10.1. The lowest BCUT2D eigenvalue weighted by atomic mass is 10.1. The molecule has 0 spiro atoms. The van der Waals surface area contributed by atoms with Gasteiger partial charge in [0.2, 0.25) is 0 Å². The Morgan fingerprint density at radius 2 is 2.05 bits per heavy atom. The van der Waals surface area contributed by atoms with Gasteiger partial charge in [0.05, 0.1) is 12.4 Å². The number of carbonyl (C=O) groups excluding carboxylic acids is 1. The summed E-state index contributed by atoms with van der Waals surface area (Å²) in [6.07, 6.45) is 3.30. The molecule has 1 amide bonds. The van der Waals surface area contributed by atoms with E-state index in [-0.39, 0.29) is 17.4 Å². The van der Waals surface area contributed by atoms with E-state index in [4.69, 9.17) is 0 Å². The van der Waals surface area contributed by atoms with Crippen LogP contribution in [-0.4, -0.2) is 29.5 Å². The molecule has 20 heavy (non-hydrogen) atoms. The average Bonchev–Trinajstić information content (AvgIpc) is 2.49. The number of nitrogens with zero attached hydrogens (tertiary/aromatic N) is 2. The molecule has 0 bridgehead atoms. The Morgan fingerprint density at radius 3 is 2.70 bits per heavy atom. The Bertz CT molecular complexity index is 586. The summed E-state index contributed by atoms with van der Waals surface area (Å²) in [5.41, 5.74) is 0.807. The van der Waals surface area contributed by atoms with E-state index in [0.717, 1.165) is 0 Å². The number of carbonyl (C=O) groups is 1. The summed E-state index contributed by atoms with van der Waals surface area (Å²) in [5, 5.41) is 5.50. The molecule has 104 valence electrons. The molecule has 2 N–H and O–H groups in total. The molecule has 6 heteroatoms. The molecule has 2 aromatic rings. The zero-order valence-corrected chi connectivity index (χ0v) is 11.1. The lowest BCUT2D eigenvalue weighted by Gasteiger charge is -2.06. The Morgan fingerprint density at radius 1 is 1.25 bits per heavy atom. The second kappa shape index (κ2) is 6.60. The van der Waals surface area contributed by atoms with Crippen LogP contribution < -0.4 is 10.6 Å². The largest absolute Gasteiger partial charge is 0.372 e. The van der Waals surface area contributed by atoms with Gasteiger partial charge in [0.1, 0.15) is 17.3 Å². The predicted molar refractivity (Wildman–Crippen MR) is 74.0 cm³/mol. The highest BCUT2D eigenvalue weighted by Crippen LogP contribution is 2.06. The van der Waals surface area contributed by atoms with Crippen molar-refractivity contribution in [3.8, 4) is 0 Å². The molecular weight excluding hydrogens is 259 g/mol. The number of rotatable bonds is 5. The molecule has 0 fully saturated rings. The Kier molecular flexibility index (Phi) is 4.60. The first kappa shape index (κ1) is 13.9. The topological polar surface area (TPSA) is 66.9 Å². The molecular formula is C14H15FN4O. The molecule has 1 aromatic carbocycles. The fraction of sp³-hybridized carbons (Fsp3) is 0.214. The smallest absolute Gasteiger partial charge is 0.271 e. The SMILES string of the molecule is CNc1cnc(C(=O)NCCc2ccccc2F)cn1. The third-order valence-corrected chi connectivity index (χ3v) is 2.78. The maximum absolute atomic E-state index is 13.4. The van der Waals surface area contributed by atoms with E-state index in [1.54, 1.807) is 25.2 Å². The Labute approximate surface area is 116 Å². The van der Waals surface area contributed by atoms with Crippen molar-refractivity contribution in [2.24, 2.45) is 0 Å². The van der Waals surface area contributed by atoms with E-state index in [2.05, 4.69) is 20.6 Å². The third kappa shape index (κ3) is 3.50. The molecule has 0 unspecified atom stereocenters. The molecule has 0 saturated heterocycles. The molecule has 0 aliphatic heterocycles. The van der Waals surface area contributed by atoms with Crippen molar-refractivity contribution in [1.82, 2.24) is 15.3 Å². The van der Waals surface area contributed by atoms with Crippen LogP contribution in [0.5, 0.6) is 0 Å². The van der Waals surface area contributed by atoms with E-state index < -0.39 is 0 Å². The van der Waals surface area contributed by atoms with Crippen LogP contribution in [0.1, 0.15) is 16.1 Å². The van der Waals surface area contributed by atoms with Crippen LogP contribution in [0.3, 0.4) is 0 Å². The number of nitrogens with one attached hydrogen (secondary N) is 2. The van der Waals surface area contributed by atoms with Crippen LogP contribution in [0.4, 0.5) is 10.2 Å². The van der Waals surface area contributed by atoms with Gasteiger partial charge in [-0.3, -0.25) is 4.79 Å². The van der Waals surface area contributed by atoms with E-state index in [1.165, 1.54) is 18.5 Å². The Hall–Kier alpha value is -2.50. The highest BCUT2D eigenvalue weighted by Gasteiger charge is 2.08. The second-order valence-corrected chi connectivity index (χ2v) is 4.13. The van der Waals surface area contributed by atoms with E-state index in [1.807, 2.05) is 0 Å². The van der Waals surface area contributed by atoms with Gasteiger partial charge in [-0.2, -0.15) is 0 Å². The molecule has 0 atom stereocenters. The first-order chi connectivity index (χ1) is 9.70. The lowest BCUT2D eigenvalue weighted by Crippen LogP contribution is -2.26. The summed E-state index contributed by atoms with van der Waals surface area (Å²) >= 11 is 0. The van der Waals surface area contributed by atoms with Gasteiger partial charge >= 0.3 is 0 Å². The minimum Gasteiger partial charge on any atom is -0.372 e. The van der Waals surface area contributed by atoms with Gasteiger partial charge in [0.15, 0.2) is 0 Å². The number of amides is 1. The Balaban J connectivity index is 1.87. The first-order valence-corrected chi connectivity index (χ1v) is 6.22. The molecule has 5 nitrogen and oxygen atoms in total. The van der Waals surface area contributed by atoms with Crippen molar-refractivity contribution in [3.63, 3.8) is 0 Å². The zero-order valence-electron chi connectivity index (χ0n) is 11.1. The van der Waals surface area contributed by atoms with Gasteiger partial charge in [-0.25, -0.2) is 14.4 Å². The number of halogens is 1. The summed E-state index contributed by atoms with van der Waals surface area (Å²) in [6.45, 7) is 0.342. The predicted octanol–water partition coefficient (Wildman–Crippen LogP) is 1.63. The zero-order chi connectivity index (χ0) is 14.4. The van der Waals surface area contributed by atoms with Gasteiger partial charge in [-0.15, -0.1) is 0 Å². The fourth-order valence-corrected chi connectivity index (χ4v) is 1.68. The van der Waals surface area contributed by atoms with Crippen LogP contribution >= 0.6 is 0 Å². The number of aromatic nitrogens is 2. The van der Waals surface area contributed by atoms with Crippen LogP contribution in [0.25, 0.3) is 0 Å². The fourth-order valence-electron chi connectivity index (χ4n) is 1.68. The molecule has 2 rings (SSSR count). The minimum absolute atomic E-state index is 0.234. The van der Waals surface area contributed by atoms with Crippen LogP contribution in [0.15, 0.2) is 36.7 Å². The number of hydrogen-bond donors (Lipinski definition) is 2. The summed E-state index contributed by atoms with van der Waals surface area (Å²) < 4.78 is 13.4. The van der Waals surface area contributed by atoms with Crippen LogP contribution in [-0.2, 0) is 6.42 Å². The summed E-state index contributed by atoms with van der Waals surface area (Å²) in [4.78, 5) is 19.8. The summed E-state index contributed by atoms with van der Waals surface area (Å²) in [7, 11) is 1.72. The lowest BCUT2D eigenvalue weighted by molar-refractivity contribution is 0.0948. The maximum atomic E-state index is 13.4. The van der Waals surface area contributed by atoms with Gasteiger partial charge in [0.25, 0.3) is 5.91 Å². The molecule has 0 aliphatic carbocycles. The number of benzene rings is 1. The number of anilines is 1. The van der Waals surface area contributed by atoms with Crippen LogP contribution in [0.2, 0.25) is 0 Å². The first-order valence-electron chi connectivity index (χ1n) is 6.22. The molecule has 0 aliphatic rings. The van der Waals surface area contributed by atoms with E-state index >= 15 is 0 Å². The standard InChI is InChI=1S/C14H15FN4O/c1-16-13-9-18-12(8-19-13)14(20)17-7-6-10-4-2-3-5-11(10)15/h2-5,8-9H,6-7H2,1H3,(H,16,19)(H,17,20).